The van der Waals surface area contributed by atoms with Crippen LogP contribution in [0.25, 0.3) is 0 Å². The third-order valence-electron chi connectivity index (χ3n) is 2.82. The summed E-state index contributed by atoms with van der Waals surface area (Å²) >= 11 is 5.79. The lowest BCUT2D eigenvalue weighted by Crippen LogP contribution is -2.09. The fourth-order valence-electron chi connectivity index (χ4n) is 1.96. The molecule has 0 aliphatic rings. The van der Waals surface area contributed by atoms with Crippen LogP contribution in [0.5, 0.6) is 5.75 Å². The van der Waals surface area contributed by atoms with Crippen molar-refractivity contribution in [2.45, 2.75) is 26.2 Å². The minimum Gasteiger partial charge on any atom is -0.496 e. The topological polar surface area (TPSA) is 9.23 Å². The van der Waals surface area contributed by atoms with Crippen LogP contribution in [0.3, 0.4) is 0 Å². The Labute approximate surface area is 102 Å². The summed E-state index contributed by atoms with van der Waals surface area (Å²) in [5.74, 6) is 1.74. The molecule has 1 aromatic carbocycles. The number of methoxy groups -OCH3 is 1. The van der Waals surface area contributed by atoms with E-state index >= 15 is 0 Å². The minimum atomic E-state index is -0.226. The van der Waals surface area contributed by atoms with Crippen molar-refractivity contribution in [1.29, 1.82) is 0 Å². The van der Waals surface area contributed by atoms with E-state index in [1.54, 1.807) is 19.2 Å². The third-order valence-corrected chi connectivity index (χ3v) is 3.03. The van der Waals surface area contributed by atoms with E-state index in [9.17, 15) is 4.39 Å². The van der Waals surface area contributed by atoms with E-state index in [2.05, 4.69) is 13.8 Å². The number of rotatable bonds is 5. The molecule has 1 rings (SSSR count). The maximum atomic E-state index is 13.3. The zero-order chi connectivity index (χ0) is 12.1. The van der Waals surface area contributed by atoms with Crippen molar-refractivity contribution in [3.63, 3.8) is 0 Å². The lowest BCUT2D eigenvalue weighted by molar-refractivity contribution is 0.390. The quantitative estimate of drug-likeness (QED) is 0.706. The van der Waals surface area contributed by atoms with E-state index in [0.717, 1.165) is 17.7 Å². The number of ether oxygens (including phenoxy) is 1. The molecule has 0 radical (unpaired) electrons. The van der Waals surface area contributed by atoms with Gasteiger partial charge in [-0.15, -0.1) is 11.6 Å². The van der Waals surface area contributed by atoms with Gasteiger partial charge in [-0.2, -0.15) is 0 Å². The van der Waals surface area contributed by atoms with Gasteiger partial charge in [-0.3, -0.25) is 0 Å². The number of alkyl halides is 1. The molecule has 0 saturated carbocycles. The molecule has 0 aromatic heterocycles. The molecule has 0 saturated heterocycles. The lowest BCUT2D eigenvalue weighted by atomic mass is 9.86. The average Bonchev–Trinajstić information content (AvgIpc) is 2.25. The number of hydrogen-bond acceptors (Lipinski definition) is 1. The van der Waals surface area contributed by atoms with Crippen LogP contribution in [0.1, 0.15) is 31.7 Å². The Bertz CT molecular complexity index is 339. The molecule has 1 aromatic rings. The van der Waals surface area contributed by atoms with E-state index in [-0.39, 0.29) is 11.7 Å². The first-order valence-electron chi connectivity index (χ1n) is 5.49. The summed E-state index contributed by atoms with van der Waals surface area (Å²) in [6.07, 6.45) is 0.832. The Balaban J connectivity index is 3.10. The van der Waals surface area contributed by atoms with Gasteiger partial charge in [0, 0.05) is 11.4 Å². The molecule has 0 aliphatic heterocycles. The van der Waals surface area contributed by atoms with Crippen molar-refractivity contribution < 1.29 is 9.13 Å². The maximum Gasteiger partial charge on any atom is 0.123 e. The van der Waals surface area contributed by atoms with Gasteiger partial charge in [0.25, 0.3) is 0 Å². The molecule has 0 aliphatic carbocycles. The smallest absolute Gasteiger partial charge is 0.123 e. The van der Waals surface area contributed by atoms with Gasteiger partial charge in [-0.1, -0.05) is 13.8 Å². The molecule has 1 unspecified atom stereocenters. The molecular weight excluding hydrogens is 227 g/mol. The number of halogens is 2. The van der Waals surface area contributed by atoms with E-state index in [4.69, 9.17) is 16.3 Å². The molecule has 0 N–H and O–H groups in total. The fourth-order valence-corrected chi connectivity index (χ4v) is 2.20. The van der Waals surface area contributed by atoms with Gasteiger partial charge in [-0.05, 0) is 36.5 Å². The van der Waals surface area contributed by atoms with Crippen molar-refractivity contribution in [3.8, 4) is 5.75 Å². The molecule has 90 valence electrons. The molecular formula is C13H18ClFO. The van der Waals surface area contributed by atoms with Gasteiger partial charge in [-0.25, -0.2) is 4.39 Å². The van der Waals surface area contributed by atoms with Crippen LogP contribution in [0.15, 0.2) is 18.2 Å². The van der Waals surface area contributed by atoms with Crippen LogP contribution >= 0.6 is 11.6 Å². The Morgan fingerprint density at radius 2 is 2.06 bits per heavy atom. The highest BCUT2D eigenvalue weighted by atomic mass is 35.5. The molecule has 0 heterocycles. The van der Waals surface area contributed by atoms with Crippen molar-refractivity contribution in [3.05, 3.63) is 29.6 Å². The summed E-state index contributed by atoms with van der Waals surface area (Å²) < 4.78 is 18.5. The molecule has 1 atom stereocenters. The Morgan fingerprint density at radius 1 is 1.38 bits per heavy atom. The monoisotopic (exact) mass is 244 g/mol. The Morgan fingerprint density at radius 3 is 2.56 bits per heavy atom. The average molecular weight is 245 g/mol. The van der Waals surface area contributed by atoms with Gasteiger partial charge in [0.1, 0.15) is 11.6 Å². The van der Waals surface area contributed by atoms with E-state index in [1.807, 2.05) is 0 Å². The Kier molecular flexibility index (Phi) is 5.07. The highest BCUT2D eigenvalue weighted by Gasteiger charge is 2.19. The van der Waals surface area contributed by atoms with Crippen LogP contribution in [0.4, 0.5) is 4.39 Å². The van der Waals surface area contributed by atoms with Gasteiger partial charge in [0.15, 0.2) is 0 Å². The maximum absolute atomic E-state index is 13.3. The van der Waals surface area contributed by atoms with Crippen molar-refractivity contribution in [2.75, 3.05) is 13.0 Å². The summed E-state index contributed by atoms with van der Waals surface area (Å²) in [6.45, 7) is 4.23. The second kappa shape index (κ2) is 6.09. The van der Waals surface area contributed by atoms with Crippen LogP contribution in [-0.4, -0.2) is 13.0 Å². The van der Waals surface area contributed by atoms with Gasteiger partial charge >= 0.3 is 0 Å². The zero-order valence-electron chi connectivity index (χ0n) is 9.97. The summed E-state index contributed by atoms with van der Waals surface area (Å²) in [5.41, 5.74) is 0.915. The Hall–Kier alpha value is -0.760. The largest absolute Gasteiger partial charge is 0.496 e. The molecule has 0 amide bonds. The van der Waals surface area contributed by atoms with Crippen molar-refractivity contribution in [2.24, 2.45) is 5.92 Å². The lowest BCUT2D eigenvalue weighted by Gasteiger charge is -2.22. The first kappa shape index (κ1) is 13.3. The summed E-state index contributed by atoms with van der Waals surface area (Å²) in [4.78, 5) is 0. The predicted molar refractivity (Wildman–Crippen MR) is 65.9 cm³/mol. The van der Waals surface area contributed by atoms with Crippen LogP contribution in [-0.2, 0) is 0 Å². The van der Waals surface area contributed by atoms with E-state index in [1.165, 1.54) is 6.07 Å². The van der Waals surface area contributed by atoms with Crippen LogP contribution in [0, 0.1) is 11.7 Å². The first-order chi connectivity index (χ1) is 7.60. The van der Waals surface area contributed by atoms with Crippen molar-refractivity contribution >= 4 is 11.6 Å². The number of benzene rings is 1. The molecule has 0 spiro atoms. The number of hydrogen-bond donors (Lipinski definition) is 0. The van der Waals surface area contributed by atoms with Crippen molar-refractivity contribution in [1.82, 2.24) is 0 Å². The SMILES string of the molecule is COc1ccc(F)cc1C(CCCl)C(C)C. The normalized spacial score (nSPS) is 12.9. The summed E-state index contributed by atoms with van der Waals surface area (Å²) in [5, 5.41) is 0. The molecule has 0 fully saturated rings. The molecule has 0 bridgehead atoms. The van der Waals surface area contributed by atoms with Crippen LogP contribution < -0.4 is 4.74 Å². The molecule has 16 heavy (non-hydrogen) atoms. The van der Waals surface area contributed by atoms with E-state index < -0.39 is 0 Å². The molecule has 1 nitrogen and oxygen atoms in total. The van der Waals surface area contributed by atoms with Gasteiger partial charge < -0.3 is 4.74 Å². The highest BCUT2D eigenvalue weighted by molar-refractivity contribution is 6.17. The summed E-state index contributed by atoms with van der Waals surface area (Å²) in [7, 11) is 1.61. The fraction of sp³-hybridized carbons (Fsp3) is 0.538. The molecule has 3 heteroatoms. The second-order valence-corrected chi connectivity index (χ2v) is 4.59. The van der Waals surface area contributed by atoms with Gasteiger partial charge in [0.2, 0.25) is 0 Å². The third kappa shape index (κ3) is 3.11. The minimum absolute atomic E-state index is 0.226. The highest BCUT2D eigenvalue weighted by Crippen LogP contribution is 2.35. The van der Waals surface area contributed by atoms with E-state index in [0.29, 0.717) is 11.8 Å². The first-order valence-corrected chi connectivity index (χ1v) is 6.03. The predicted octanol–water partition coefficient (Wildman–Crippen LogP) is 4.20. The van der Waals surface area contributed by atoms with Gasteiger partial charge in [0.05, 0.1) is 7.11 Å². The summed E-state index contributed by atoms with van der Waals surface area (Å²) in [6, 6.07) is 4.64. The van der Waals surface area contributed by atoms with Crippen LogP contribution in [0.2, 0.25) is 0 Å². The standard InChI is InChI=1S/C13H18ClFO/c1-9(2)11(6-7-14)12-8-10(15)4-5-13(12)16-3/h4-5,8-9,11H,6-7H2,1-3H3. The second-order valence-electron chi connectivity index (χ2n) is 4.21. The zero-order valence-corrected chi connectivity index (χ0v) is 10.7.